The summed E-state index contributed by atoms with van der Waals surface area (Å²) in [6, 6.07) is 12.8. The molecule has 1 amide bonds. The number of quaternary nitrogens is 1. The Morgan fingerprint density at radius 2 is 1.71 bits per heavy atom. The first-order valence-corrected chi connectivity index (χ1v) is 11.0. The van der Waals surface area contributed by atoms with Crippen molar-refractivity contribution in [2.45, 2.75) is 38.8 Å². The molecule has 2 aromatic carbocycles. The second-order valence-electron chi connectivity index (χ2n) is 7.60. The van der Waals surface area contributed by atoms with Crippen LogP contribution in [0.25, 0.3) is 0 Å². The fraction of sp³-hybridized carbons (Fsp3) is 0.435. The number of thioether (sulfide) groups is 1. The maximum Gasteiger partial charge on any atom is 0.230 e. The molecule has 1 saturated heterocycles. The lowest BCUT2D eigenvalue weighted by molar-refractivity contribution is -0.921. The third kappa shape index (κ3) is 5.84. The first kappa shape index (κ1) is 20.9. The van der Waals surface area contributed by atoms with Crippen molar-refractivity contribution in [3.63, 3.8) is 0 Å². The van der Waals surface area contributed by atoms with E-state index in [4.69, 9.17) is 4.74 Å². The molecular weight excluding hydrogens is 368 g/mol. The average molecular weight is 400 g/mol. The molecule has 4 nitrogen and oxygen atoms in total. The molecule has 28 heavy (non-hydrogen) atoms. The summed E-state index contributed by atoms with van der Waals surface area (Å²) < 4.78 is 5.45. The average Bonchev–Trinajstić information content (AvgIpc) is 2.67. The largest absolute Gasteiger partial charge is 0.370 e. The fourth-order valence-corrected chi connectivity index (χ4v) is 4.74. The van der Waals surface area contributed by atoms with Gasteiger partial charge in [-0.15, -0.1) is 11.8 Å². The quantitative estimate of drug-likeness (QED) is 0.703. The normalized spacial score (nSPS) is 14.8. The van der Waals surface area contributed by atoms with E-state index in [0.29, 0.717) is 12.3 Å². The van der Waals surface area contributed by atoms with Crippen LogP contribution in [-0.2, 0) is 22.6 Å². The summed E-state index contributed by atoms with van der Waals surface area (Å²) in [5.74, 6) is 0.527. The van der Waals surface area contributed by atoms with Gasteiger partial charge >= 0.3 is 0 Å². The molecule has 0 atom stereocenters. The van der Waals surface area contributed by atoms with Crippen LogP contribution in [0.1, 0.15) is 27.8 Å². The van der Waals surface area contributed by atoms with Crippen LogP contribution in [0.15, 0.2) is 41.3 Å². The number of hydrogen-bond donors (Lipinski definition) is 2. The van der Waals surface area contributed by atoms with Gasteiger partial charge in [-0.3, -0.25) is 4.79 Å². The van der Waals surface area contributed by atoms with Gasteiger partial charge in [0.05, 0.1) is 19.0 Å². The van der Waals surface area contributed by atoms with Crippen LogP contribution in [-0.4, -0.2) is 38.0 Å². The Bertz CT molecular complexity index is 793. The van der Waals surface area contributed by atoms with Gasteiger partial charge in [0.1, 0.15) is 19.6 Å². The zero-order valence-corrected chi connectivity index (χ0v) is 18.0. The maximum absolute atomic E-state index is 12.4. The minimum absolute atomic E-state index is 0.0814. The SMILES string of the molecule is Cc1cc(C)c(SCC(=O)NCc2ccccc2C[NH+]2CCOCC2)c(C)c1. The van der Waals surface area contributed by atoms with E-state index >= 15 is 0 Å². The van der Waals surface area contributed by atoms with E-state index in [9.17, 15) is 4.79 Å². The first-order valence-electron chi connectivity index (χ1n) is 9.98. The van der Waals surface area contributed by atoms with Crippen molar-refractivity contribution in [3.8, 4) is 0 Å². The van der Waals surface area contributed by atoms with Gasteiger partial charge in [-0.25, -0.2) is 0 Å². The van der Waals surface area contributed by atoms with E-state index in [-0.39, 0.29) is 5.91 Å². The van der Waals surface area contributed by atoms with Crippen molar-refractivity contribution in [2.24, 2.45) is 0 Å². The predicted molar refractivity (Wildman–Crippen MR) is 115 cm³/mol. The van der Waals surface area contributed by atoms with Crippen LogP contribution < -0.4 is 10.2 Å². The molecule has 1 fully saturated rings. The molecule has 0 spiro atoms. The summed E-state index contributed by atoms with van der Waals surface area (Å²) in [5.41, 5.74) is 6.28. The summed E-state index contributed by atoms with van der Waals surface area (Å²) >= 11 is 1.63. The molecule has 1 aliphatic rings. The molecule has 1 heterocycles. The van der Waals surface area contributed by atoms with Crippen molar-refractivity contribution < 1.29 is 14.4 Å². The number of hydrogen-bond acceptors (Lipinski definition) is 3. The minimum Gasteiger partial charge on any atom is -0.370 e. The van der Waals surface area contributed by atoms with Crippen LogP contribution in [0.5, 0.6) is 0 Å². The lowest BCUT2D eigenvalue weighted by Crippen LogP contribution is -3.12. The second kappa shape index (κ2) is 10.1. The van der Waals surface area contributed by atoms with Gasteiger partial charge in [-0.2, -0.15) is 0 Å². The number of aryl methyl sites for hydroxylation is 3. The number of carbonyl (C=O) groups is 1. The number of nitrogens with one attached hydrogen (secondary N) is 2. The van der Waals surface area contributed by atoms with Crippen molar-refractivity contribution in [3.05, 3.63) is 64.2 Å². The summed E-state index contributed by atoms with van der Waals surface area (Å²) in [7, 11) is 0. The van der Waals surface area contributed by atoms with Crippen molar-refractivity contribution >= 4 is 17.7 Å². The molecule has 2 aromatic rings. The van der Waals surface area contributed by atoms with Gasteiger partial charge < -0.3 is 15.0 Å². The number of benzene rings is 2. The van der Waals surface area contributed by atoms with Crippen LogP contribution >= 0.6 is 11.8 Å². The number of rotatable bonds is 7. The Labute approximate surface area is 172 Å². The Kier molecular flexibility index (Phi) is 7.54. The number of amides is 1. The van der Waals surface area contributed by atoms with E-state index in [2.05, 4.69) is 56.4 Å². The zero-order chi connectivity index (χ0) is 19.9. The minimum atomic E-state index is 0.0814. The molecule has 1 aliphatic heterocycles. The summed E-state index contributed by atoms with van der Waals surface area (Å²) in [5, 5.41) is 3.10. The molecular formula is C23H31N2O2S+. The maximum atomic E-state index is 12.4. The van der Waals surface area contributed by atoms with Crippen molar-refractivity contribution in [1.82, 2.24) is 5.32 Å². The Morgan fingerprint density at radius 3 is 2.39 bits per heavy atom. The molecule has 2 N–H and O–H groups in total. The topological polar surface area (TPSA) is 42.8 Å². The van der Waals surface area contributed by atoms with Crippen LogP contribution in [0.4, 0.5) is 0 Å². The van der Waals surface area contributed by atoms with Gasteiger partial charge in [-0.1, -0.05) is 42.0 Å². The molecule has 0 saturated carbocycles. The van der Waals surface area contributed by atoms with Gasteiger partial charge in [0.2, 0.25) is 5.91 Å². The highest BCUT2D eigenvalue weighted by Crippen LogP contribution is 2.27. The Morgan fingerprint density at radius 1 is 1.07 bits per heavy atom. The third-order valence-corrected chi connectivity index (χ3v) is 6.53. The summed E-state index contributed by atoms with van der Waals surface area (Å²) in [4.78, 5) is 15.2. The molecule has 3 rings (SSSR count). The number of ether oxygens (including phenoxy) is 1. The molecule has 0 radical (unpaired) electrons. The second-order valence-corrected chi connectivity index (χ2v) is 8.59. The van der Waals surface area contributed by atoms with Crippen LogP contribution in [0.3, 0.4) is 0 Å². The standard InChI is InChI=1S/C23H30N2O2S/c1-17-12-18(2)23(19(3)13-17)28-16-22(26)24-14-20-6-4-5-7-21(20)15-25-8-10-27-11-9-25/h4-7,12-13H,8-11,14-16H2,1-3H3,(H,24,26)/p+1. The first-order chi connectivity index (χ1) is 13.5. The van der Waals surface area contributed by atoms with E-state index in [1.165, 1.54) is 32.7 Å². The lowest BCUT2D eigenvalue weighted by Gasteiger charge is -2.24. The van der Waals surface area contributed by atoms with E-state index in [1.807, 2.05) is 6.07 Å². The predicted octanol–water partition coefficient (Wildman–Crippen LogP) is 2.44. The molecule has 150 valence electrons. The summed E-state index contributed by atoms with van der Waals surface area (Å²) in [6.45, 7) is 11.7. The van der Waals surface area contributed by atoms with Crippen molar-refractivity contribution in [1.29, 1.82) is 0 Å². The molecule has 0 aromatic heterocycles. The smallest absolute Gasteiger partial charge is 0.230 e. The van der Waals surface area contributed by atoms with Crippen LogP contribution in [0, 0.1) is 20.8 Å². The lowest BCUT2D eigenvalue weighted by atomic mass is 10.1. The molecule has 0 bridgehead atoms. The summed E-state index contributed by atoms with van der Waals surface area (Å²) in [6.07, 6.45) is 0. The van der Waals surface area contributed by atoms with E-state index in [1.54, 1.807) is 16.7 Å². The van der Waals surface area contributed by atoms with Gasteiger partial charge in [0, 0.05) is 17.0 Å². The highest BCUT2D eigenvalue weighted by Gasteiger charge is 2.16. The third-order valence-electron chi connectivity index (χ3n) is 5.19. The highest BCUT2D eigenvalue weighted by atomic mass is 32.2. The van der Waals surface area contributed by atoms with Crippen LogP contribution in [0.2, 0.25) is 0 Å². The molecule has 0 unspecified atom stereocenters. The highest BCUT2D eigenvalue weighted by molar-refractivity contribution is 8.00. The van der Waals surface area contributed by atoms with Gasteiger partial charge in [0.25, 0.3) is 0 Å². The van der Waals surface area contributed by atoms with Gasteiger partial charge in [-0.05, 0) is 37.5 Å². The number of morpholine rings is 1. The van der Waals surface area contributed by atoms with E-state index < -0.39 is 0 Å². The van der Waals surface area contributed by atoms with Crippen molar-refractivity contribution in [2.75, 3.05) is 32.1 Å². The Hall–Kier alpha value is -1.82. The van der Waals surface area contributed by atoms with E-state index in [0.717, 1.165) is 32.8 Å². The van der Waals surface area contributed by atoms with Gasteiger partial charge in [0.15, 0.2) is 0 Å². The Balaban J connectivity index is 1.53. The molecule has 0 aliphatic carbocycles. The number of carbonyl (C=O) groups excluding carboxylic acids is 1. The fourth-order valence-electron chi connectivity index (χ4n) is 3.79. The zero-order valence-electron chi connectivity index (χ0n) is 17.1. The molecule has 5 heteroatoms. The monoisotopic (exact) mass is 399 g/mol.